The van der Waals surface area contributed by atoms with Gasteiger partial charge in [0.1, 0.15) is 17.5 Å². The Morgan fingerprint density at radius 2 is 1.86 bits per heavy atom. The van der Waals surface area contributed by atoms with Crippen LogP contribution in [-0.4, -0.2) is 17.1 Å². The maximum absolute atomic E-state index is 10.8. The molecule has 0 amide bonds. The molecule has 5 heteroatoms. The summed E-state index contributed by atoms with van der Waals surface area (Å²) >= 11 is 0. The van der Waals surface area contributed by atoms with Crippen LogP contribution in [0.3, 0.4) is 0 Å². The summed E-state index contributed by atoms with van der Waals surface area (Å²) in [5.41, 5.74) is 7.53. The fourth-order valence-electron chi connectivity index (χ4n) is 1.82. The molecule has 0 aliphatic heterocycles. The van der Waals surface area contributed by atoms with E-state index in [1.165, 1.54) is 5.56 Å². The summed E-state index contributed by atoms with van der Waals surface area (Å²) in [6, 6.07) is 14.1. The number of benzene rings is 2. The molecular weight excluding hydrogens is 290 g/mol. The van der Waals surface area contributed by atoms with E-state index in [-0.39, 0.29) is 18.8 Å². The molecule has 0 radical (unpaired) electrons. The first-order valence-electron chi connectivity index (χ1n) is 6.36. The smallest absolute Gasteiger partial charge is 0.320 e. The Bertz CT molecular complexity index is 599. The number of hydrogen-bond donors (Lipinski definition) is 2. The summed E-state index contributed by atoms with van der Waals surface area (Å²) in [6.45, 7) is 2.01. The summed E-state index contributed by atoms with van der Waals surface area (Å²) in [4.78, 5) is 10.8. The number of carboxylic acids is 1. The van der Waals surface area contributed by atoms with Crippen molar-refractivity contribution in [2.75, 3.05) is 0 Å². The molecule has 3 N–H and O–H groups in total. The second kappa shape index (κ2) is 7.67. The van der Waals surface area contributed by atoms with Crippen molar-refractivity contribution in [2.24, 2.45) is 5.73 Å². The zero-order chi connectivity index (χ0) is 14.5. The molecule has 0 heterocycles. The van der Waals surface area contributed by atoms with Crippen LogP contribution in [0, 0.1) is 6.92 Å². The van der Waals surface area contributed by atoms with Crippen LogP contribution < -0.4 is 10.5 Å². The van der Waals surface area contributed by atoms with Crippen LogP contribution in [0.15, 0.2) is 48.5 Å². The fraction of sp³-hybridized carbons (Fsp3) is 0.188. The fourth-order valence-corrected chi connectivity index (χ4v) is 1.82. The minimum absolute atomic E-state index is 0. The molecule has 2 aromatic rings. The van der Waals surface area contributed by atoms with Crippen LogP contribution in [0.1, 0.15) is 11.1 Å². The van der Waals surface area contributed by atoms with Crippen molar-refractivity contribution >= 4 is 18.4 Å². The average molecular weight is 308 g/mol. The number of aliphatic carboxylic acids is 1. The van der Waals surface area contributed by atoms with E-state index >= 15 is 0 Å². The number of carbonyl (C=O) groups is 1. The Morgan fingerprint density at radius 1 is 1.19 bits per heavy atom. The van der Waals surface area contributed by atoms with Crippen molar-refractivity contribution in [1.29, 1.82) is 0 Å². The van der Waals surface area contributed by atoms with Gasteiger partial charge in [0, 0.05) is 0 Å². The normalized spacial score (nSPS) is 11.3. The van der Waals surface area contributed by atoms with Crippen LogP contribution in [0.25, 0.3) is 0 Å². The summed E-state index contributed by atoms with van der Waals surface area (Å²) < 4.78 is 5.73. The molecule has 2 rings (SSSR count). The number of ether oxygens (including phenoxy) is 1. The molecule has 0 aliphatic rings. The Hall–Kier alpha value is -2.04. The van der Waals surface area contributed by atoms with Crippen molar-refractivity contribution < 1.29 is 14.6 Å². The average Bonchev–Trinajstić information content (AvgIpc) is 2.42. The first-order valence-corrected chi connectivity index (χ1v) is 6.36. The van der Waals surface area contributed by atoms with E-state index in [2.05, 4.69) is 0 Å². The highest BCUT2D eigenvalue weighted by atomic mass is 35.5. The number of rotatable bonds is 5. The zero-order valence-electron chi connectivity index (χ0n) is 11.7. The number of aryl methyl sites for hydroxylation is 1. The third-order valence-electron chi connectivity index (χ3n) is 2.93. The lowest BCUT2D eigenvalue weighted by molar-refractivity contribution is -0.138. The van der Waals surface area contributed by atoms with Crippen molar-refractivity contribution in [3.63, 3.8) is 0 Å². The maximum atomic E-state index is 10.8. The second-order valence-corrected chi connectivity index (χ2v) is 4.71. The molecule has 0 bridgehead atoms. The van der Waals surface area contributed by atoms with Crippen LogP contribution in [-0.2, 0) is 11.2 Å². The van der Waals surface area contributed by atoms with E-state index in [4.69, 9.17) is 15.6 Å². The van der Waals surface area contributed by atoms with Gasteiger partial charge in [-0.3, -0.25) is 4.79 Å². The molecule has 0 aliphatic carbocycles. The van der Waals surface area contributed by atoms with E-state index in [0.29, 0.717) is 5.75 Å². The molecule has 21 heavy (non-hydrogen) atoms. The SMILES string of the molecule is Cc1ccc(Oc2cccc(CC(N)C(=O)O)c2)cc1.Cl. The Balaban J connectivity index is 0.00000220. The second-order valence-electron chi connectivity index (χ2n) is 4.71. The molecule has 0 spiro atoms. The van der Waals surface area contributed by atoms with E-state index in [1.807, 2.05) is 55.5 Å². The predicted octanol–water partition coefficient (Wildman–Crippen LogP) is 3.16. The first kappa shape index (κ1) is 17.0. The number of nitrogens with two attached hydrogens (primary N) is 1. The van der Waals surface area contributed by atoms with Gasteiger partial charge in [-0.15, -0.1) is 12.4 Å². The molecule has 1 atom stereocenters. The van der Waals surface area contributed by atoms with Gasteiger partial charge in [-0.1, -0.05) is 29.8 Å². The highest BCUT2D eigenvalue weighted by Crippen LogP contribution is 2.22. The van der Waals surface area contributed by atoms with Crippen molar-refractivity contribution in [1.82, 2.24) is 0 Å². The topological polar surface area (TPSA) is 72.5 Å². The van der Waals surface area contributed by atoms with Crippen LogP contribution in [0.5, 0.6) is 11.5 Å². The standard InChI is InChI=1S/C16H17NO3.ClH/c1-11-5-7-13(8-6-11)20-14-4-2-3-12(9-14)10-15(17)16(18)19;/h2-9,15H,10,17H2,1H3,(H,18,19);1H. The predicted molar refractivity (Wildman–Crippen MR) is 84.3 cm³/mol. The lowest BCUT2D eigenvalue weighted by Crippen LogP contribution is -2.32. The molecule has 4 nitrogen and oxygen atoms in total. The van der Waals surface area contributed by atoms with Gasteiger partial charge in [-0.05, 0) is 43.2 Å². The van der Waals surface area contributed by atoms with E-state index in [0.717, 1.165) is 11.3 Å². The summed E-state index contributed by atoms with van der Waals surface area (Å²) in [6.07, 6.45) is 0.278. The van der Waals surface area contributed by atoms with Crippen LogP contribution in [0.4, 0.5) is 0 Å². The van der Waals surface area contributed by atoms with E-state index in [1.54, 1.807) is 0 Å². The van der Waals surface area contributed by atoms with Gasteiger partial charge in [0.05, 0.1) is 0 Å². The van der Waals surface area contributed by atoms with Gasteiger partial charge in [0.15, 0.2) is 0 Å². The van der Waals surface area contributed by atoms with Crippen LogP contribution in [0.2, 0.25) is 0 Å². The van der Waals surface area contributed by atoms with E-state index in [9.17, 15) is 4.79 Å². The number of halogens is 1. The van der Waals surface area contributed by atoms with Gasteiger partial charge in [-0.2, -0.15) is 0 Å². The Morgan fingerprint density at radius 3 is 2.48 bits per heavy atom. The minimum Gasteiger partial charge on any atom is -0.480 e. The third-order valence-corrected chi connectivity index (χ3v) is 2.93. The quantitative estimate of drug-likeness (QED) is 0.890. The lowest BCUT2D eigenvalue weighted by Gasteiger charge is -2.09. The monoisotopic (exact) mass is 307 g/mol. The van der Waals surface area contributed by atoms with Gasteiger partial charge < -0.3 is 15.6 Å². The lowest BCUT2D eigenvalue weighted by atomic mass is 10.1. The van der Waals surface area contributed by atoms with Crippen molar-refractivity contribution in [3.05, 3.63) is 59.7 Å². The zero-order valence-corrected chi connectivity index (χ0v) is 12.5. The minimum atomic E-state index is -1.00. The van der Waals surface area contributed by atoms with Crippen LogP contribution >= 0.6 is 12.4 Å². The summed E-state index contributed by atoms with van der Waals surface area (Å²) in [5, 5.41) is 8.82. The third kappa shape index (κ3) is 5.10. The molecular formula is C16H18ClNO3. The molecule has 0 saturated carbocycles. The number of carboxylic acid groups (broad SMARTS) is 1. The van der Waals surface area contributed by atoms with Gasteiger partial charge >= 0.3 is 5.97 Å². The maximum Gasteiger partial charge on any atom is 0.320 e. The molecule has 0 fully saturated rings. The van der Waals surface area contributed by atoms with Crippen molar-refractivity contribution in [2.45, 2.75) is 19.4 Å². The molecule has 112 valence electrons. The van der Waals surface area contributed by atoms with Gasteiger partial charge in [0.25, 0.3) is 0 Å². The largest absolute Gasteiger partial charge is 0.480 e. The van der Waals surface area contributed by atoms with Gasteiger partial charge in [0.2, 0.25) is 0 Å². The first-order chi connectivity index (χ1) is 9.54. The molecule has 0 saturated heterocycles. The molecule has 0 aromatic heterocycles. The highest BCUT2D eigenvalue weighted by molar-refractivity contribution is 5.85. The molecule has 2 aromatic carbocycles. The Labute approximate surface area is 130 Å². The van der Waals surface area contributed by atoms with Gasteiger partial charge in [-0.25, -0.2) is 0 Å². The van der Waals surface area contributed by atoms with E-state index < -0.39 is 12.0 Å². The molecule has 1 unspecified atom stereocenters. The summed E-state index contributed by atoms with van der Waals surface area (Å²) in [7, 11) is 0. The summed E-state index contributed by atoms with van der Waals surface area (Å²) in [5.74, 6) is 0.411. The number of hydrogen-bond acceptors (Lipinski definition) is 3. The highest BCUT2D eigenvalue weighted by Gasteiger charge is 2.12. The van der Waals surface area contributed by atoms with Crippen molar-refractivity contribution in [3.8, 4) is 11.5 Å². The Kier molecular flexibility index (Phi) is 6.21.